The zero-order valence-corrected chi connectivity index (χ0v) is 37.0. The van der Waals surface area contributed by atoms with Crippen LogP contribution in [0.3, 0.4) is 0 Å². The van der Waals surface area contributed by atoms with Gasteiger partial charge in [-0.1, -0.05) is 36.4 Å². The molecule has 1 atom stereocenters. The fraction of sp³-hybridized carbons (Fsp3) is 0.273. The van der Waals surface area contributed by atoms with Crippen LogP contribution in [0.25, 0.3) is 39.0 Å². The van der Waals surface area contributed by atoms with Gasteiger partial charge >= 0.3 is 0 Å². The molecule has 2 saturated heterocycles. The van der Waals surface area contributed by atoms with Gasteiger partial charge in [0.15, 0.2) is 17.1 Å². The number of aromatic amines is 1. The number of likely N-dealkylation sites (N-methyl/N-ethyl adjacent to an activating group) is 1. The molecule has 0 radical (unpaired) electrons. The minimum Gasteiger partial charge on any atom is -0.457 e. The molecule has 326 valence electrons. The molecule has 10 rings (SSSR count). The number of hydrogen-bond acceptors (Lipinski definition) is 13. The topological polar surface area (TPSA) is 181 Å². The zero-order chi connectivity index (χ0) is 44.1. The van der Waals surface area contributed by atoms with Gasteiger partial charge in [-0.25, -0.2) is 24.0 Å². The predicted octanol–water partition coefficient (Wildman–Crippen LogP) is 6.92. The fourth-order valence-electron chi connectivity index (χ4n) is 8.32. The van der Waals surface area contributed by atoms with Gasteiger partial charge in [-0.3, -0.25) is 4.79 Å². The highest BCUT2D eigenvalue weighted by atomic mass is 79.9. The standard InChI is InChI=1S/C44H42BrClFN15O2/c1-26(22-60(24-34-52-33-15-14-32(46)36(47)38(33)53-34)44-55-43(58-19-17-57(2)18-20-58)54-40-31(45)21-51-62(40)44)42(63)59-16-6-7-28(23-59)61-41-35(39(48)49-25-50-41)37(56-61)27-10-12-30(13-11-27)64-29-8-4-3-5-9-29/h3-5,8-15,21,25,28H,1,6-7,16-20,22-24H2,2H3,(H,52,53)(H2,48,49,50)/t28-/m1/s1. The van der Waals surface area contributed by atoms with Crippen LogP contribution < -0.4 is 20.3 Å². The van der Waals surface area contributed by atoms with Crippen LogP contribution in [0.4, 0.5) is 22.1 Å². The lowest BCUT2D eigenvalue weighted by atomic mass is 10.0. The molecular weight excluding hydrogens is 905 g/mol. The number of piperidine rings is 1. The summed E-state index contributed by atoms with van der Waals surface area (Å²) in [6.07, 6.45) is 4.55. The van der Waals surface area contributed by atoms with Gasteiger partial charge in [0, 0.05) is 50.4 Å². The van der Waals surface area contributed by atoms with Crippen molar-refractivity contribution in [3.63, 3.8) is 0 Å². The molecule has 2 aliphatic rings. The van der Waals surface area contributed by atoms with Crippen LogP contribution in [0.1, 0.15) is 24.7 Å². The van der Waals surface area contributed by atoms with E-state index in [0.29, 0.717) is 86.7 Å². The molecular formula is C44H42BrClFN15O2. The lowest BCUT2D eigenvalue weighted by Gasteiger charge is -2.34. The van der Waals surface area contributed by atoms with Crippen molar-refractivity contribution in [2.75, 3.05) is 68.4 Å². The first-order chi connectivity index (χ1) is 31.1. The van der Waals surface area contributed by atoms with Crippen LogP contribution >= 0.6 is 27.5 Å². The number of H-pyrrole nitrogens is 1. The molecule has 7 heterocycles. The van der Waals surface area contributed by atoms with Crippen molar-refractivity contribution in [3.05, 3.63) is 113 Å². The molecule has 3 aromatic carbocycles. The summed E-state index contributed by atoms with van der Waals surface area (Å²) in [5, 5.41) is 10.3. The van der Waals surface area contributed by atoms with Gasteiger partial charge in [-0.2, -0.15) is 24.7 Å². The molecule has 5 aromatic heterocycles. The third kappa shape index (κ3) is 7.94. The number of nitrogen functional groups attached to an aromatic ring is 1. The van der Waals surface area contributed by atoms with Crippen LogP contribution in [0.2, 0.25) is 5.02 Å². The number of carbonyl (C=O) groups is 1. The maximum atomic E-state index is 15.2. The van der Waals surface area contributed by atoms with E-state index in [-0.39, 0.29) is 35.6 Å². The Balaban J connectivity index is 0.941. The summed E-state index contributed by atoms with van der Waals surface area (Å²) in [5.74, 6) is 2.21. The third-order valence-corrected chi connectivity index (χ3v) is 12.5. The first-order valence-corrected chi connectivity index (χ1v) is 22.0. The van der Waals surface area contributed by atoms with E-state index in [1.807, 2.05) is 64.2 Å². The number of fused-ring (bicyclic) bond motifs is 3. The summed E-state index contributed by atoms with van der Waals surface area (Å²) >= 11 is 9.76. The largest absolute Gasteiger partial charge is 0.457 e. The summed E-state index contributed by atoms with van der Waals surface area (Å²) in [6, 6.07) is 20.1. The Morgan fingerprint density at radius 2 is 1.78 bits per heavy atom. The number of rotatable bonds is 11. The quantitative estimate of drug-likeness (QED) is 0.128. The number of anilines is 3. The first-order valence-electron chi connectivity index (χ1n) is 20.8. The van der Waals surface area contributed by atoms with Gasteiger partial charge in [-0.05, 0) is 84.4 Å². The molecule has 0 unspecified atom stereocenters. The monoisotopic (exact) mass is 945 g/mol. The second kappa shape index (κ2) is 17.1. The predicted molar refractivity (Wildman–Crippen MR) is 246 cm³/mol. The van der Waals surface area contributed by atoms with Gasteiger partial charge in [-0.15, -0.1) is 0 Å². The van der Waals surface area contributed by atoms with E-state index in [4.69, 9.17) is 37.1 Å². The molecule has 64 heavy (non-hydrogen) atoms. The SMILES string of the molecule is C=C(CN(Cc1nc2c(F)c(Cl)ccc2[nH]1)c1nc(N2CCN(C)CC2)nc2c(Br)cnn12)C(=O)N1CCC[C@@H](n2nc(-c3ccc(Oc4ccccc4)cc3)c3c(N)ncnc32)C1. The van der Waals surface area contributed by atoms with E-state index in [9.17, 15) is 4.79 Å². The summed E-state index contributed by atoms with van der Waals surface area (Å²) in [6.45, 7) is 8.47. The zero-order valence-electron chi connectivity index (χ0n) is 34.7. The Bertz CT molecular complexity index is 3040. The first kappa shape index (κ1) is 41.3. The molecule has 0 saturated carbocycles. The maximum absolute atomic E-state index is 15.2. The smallest absolute Gasteiger partial charge is 0.251 e. The number of hydrogen-bond donors (Lipinski definition) is 2. The van der Waals surface area contributed by atoms with Gasteiger partial charge in [0.1, 0.15) is 40.7 Å². The number of carbonyl (C=O) groups excluding carboxylic acids is 1. The van der Waals surface area contributed by atoms with Gasteiger partial charge in [0.05, 0.1) is 45.7 Å². The van der Waals surface area contributed by atoms with E-state index in [1.54, 1.807) is 21.7 Å². The molecule has 2 aliphatic heterocycles. The number of nitrogens with two attached hydrogens (primary N) is 1. The summed E-state index contributed by atoms with van der Waals surface area (Å²) in [4.78, 5) is 49.3. The van der Waals surface area contributed by atoms with E-state index in [1.165, 1.54) is 12.4 Å². The van der Waals surface area contributed by atoms with Crippen molar-refractivity contribution in [2.24, 2.45) is 0 Å². The van der Waals surface area contributed by atoms with Crippen molar-refractivity contribution >= 4 is 78.9 Å². The molecule has 8 aromatic rings. The molecule has 20 heteroatoms. The molecule has 0 spiro atoms. The van der Waals surface area contributed by atoms with E-state index >= 15 is 4.39 Å². The van der Waals surface area contributed by atoms with Gasteiger partial charge in [0.25, 0.3) is 5.91 Å². The average Bonchev–Trinajstić information content (AvgIpc) is 4.03. The van der Waals surface area contributed by atoms with Gasteiger partial charge < -0.3 is 35.1 Å². The molecule has 3 N–H and O–H groups in total. The van der Waals surface area contributed by atoms with Crippen molar-refractivity contribution in [2.45, 2.75) is 25.4 Å². The molecule has 0 bridgehead atoms. The second-order valence-corrected chi connectivity index (χ2v) is 17.2. The molecule has 1 amide bonds. The Morgan fingerprint density at radius 1 is 1.00 bits per heavy atom. The third-order valence-electron chi connectivity index (χ3n) is 11.6. The number of halogens is 3. The number of amides is 1. The van der Waals surface area contributed by atoms with E-state index in [0.717, 1.165) is 43.9 Å². The number of nitrogens with zero attached hydrogens (tertiary/aromatic N) is 13. The van der Waals surface area contributed by atoms with Crippen LogP contribution in [0.15, 0.2) is 95.9 Å². The highest BCUT2D eigenvalue weighted by Gasteiger charge is 2.32. The summed E-state index contributed by atoms with van der Waals surface area (Å²) < 4.78 is 25.3. The highest BCUT2D eigenvalue weighted by Crippen LogP contribution is 2.36. The number of para-hydroxylation sites is 1. The fourth-order valence-corrected chi connectivity index (χ4v) is 8.82. The van der Waals surface area contributed by atoms with Crippen LogP contribution in [0, 0.1) is 5.82 Å². The molecule has 0 aliphatic carbocycles. The van der Waals surface area contributed by atoms with Crippen LogP contribution in [-0.4, -0.2) is 118 Å². The number of ether oxygens (including phenoxy) is 1. The highest BCUT2D eigenvalue weighted by molar-refractivity contribution is 9.10. The number of nitrogens with one attached hydrogen (secondary N) is 1. The number of likely N-dealkylation sites (tertiary alicyclic amines) is 1. The van der Waals surface area contributed by atoms with Crippen LogP contribution in [0.5, 0.6) is 11.5 Å². The second-order valence-electron chi connectivity index (χ2n) is 16.0. The van der Waals surface area contributed by atoms with Crippen molar-refractivity contribution < 1.29 is 13.9 Å². The van der Waals surface area contributed by atoms with Gasteiger partial charge in [0.2, 0.25) is 11.9 Å². The van der Waals surface area contributed by atoms with Crippen molar-refractivity contribution in [1.29, 1.82) is 0 Å². The number of benzene rings is 3. The number of imidazole rings is 1. The van der Waals surface area contributed by atoms with Crippen molar-refractivity contribution in [3.8, 4) is 22.8 Å². The maximum Gasteiger partial charge on any atom is 0.251 e. The lowest BCUT2D eigenvalue weighted by Crippen LogP contribution is -2.45. The molecule has 2 fully saturated rings. The normalized spacial score (nSPS) is 16.0. The van der Waals surface area contributed by atoms with E-state index in [2.05, 4.69) is 64.4 Å². The Kier molecular flexibility index (Phi) is 11.0. The summed E-state index contributed by atoms with van der Waals surface area (Å²) in [5.41, 5.74) is 9.97. The number of piperazine rings is 1. The van der Waals surface area contributed by atoms with Crippen molar-refractivity contribution in [1.82, 2.24) is 59.1 Å². The average molecular weight is 947 g/mol. The number of aromatic nitrogens is 10. The molecule has 17 nitrogen and oxygen atoms in total. The summed E-state index contributed by atoms with van der Waals surface area (Å²) in [7, 11) is 2.08. The Hall–Kier alpha value is -6.70. The lowest BCUT2D eigenvalue weighted by molar-refractivity contribution is -0.128. The van der Waals surface area contributed by atoms with E-state index < -0.39 is 5.82 Å². The Morgan fingerprint density at radius 3 is 2.58 bits per heavy atom. The Labute approximate surface area is 379 Å². The minimum atomic E-state index is -0.622. The minimum absolute atomic E-state index is 0.0320. The van der Waals surface area contributed by atoms with Crippen LogP contribution in [-0.2, 0) is 11.3 Å².